The van der Waals surface area contributed by atoms with Crippen LogP contribution in [0.25, 0.3) is 0 Å². The van der Waals surface area contributed by atoms with Gasteiger partial charge in [-0.1, -0.05) is 6.92 Å². The summed E-state index contributed by atoms with van der Waals surface area (Å²) in [6.45, 7) is 10.1. The largest absolute Gasteiger partial charge is 0.417 e. The summed E-state index contributed by atoms with van der Waals surface area (Å²) < 4.78 is 47.9. The summed E-state index contributed by atoms with van der Waals surface area (Å²) in [5, 5.41) is 13.3. The molecule has 10 heteroatoms. The predicted molar refractivity (Wildman–Crippen MR) is 142 cm³/mol. The maximum Gasteiger partial charge on any atom is 0.417 e. The lowest BCUT2D eigenvalue weighted by molar-refractivity contribution is -0.138. The third-order valence-corrected chi connectivity index (χ3v) is 7.49. The van der Waals surface area contributed by atoms with Crippen LogP contribution in [-0.4, -0.2) is 73.9 Å². The van der Waals surface area contributed by atoms with Crippen molar-refractivity contribution < 1.29 is 32.6 Å². The summed E-state index contributed by atoms with van der Waals surface area (Å²) in [4.78, 5) is 30.5. The Hall–Kier alpha value is -2.17. The Bertz CT molecular complexity index is 942. The standard InChI is InChI=1S/C28H44F3N3O4/c1-7-27(5,18-35)26(37)33(13-8-9-14-38-6)24-16-22(23(15-20(24)4)28(29,30)31)25(36)34(19(2)3)21-11-10-12-32-17-21/h15-16,19,21,32,35H,7-14,17-18H2,1-6H3. The number of methoxy groups -OCH3 is 1. The lowest BCUT2D eigenvalue weighted by Gasteiger charge is -2.38. The second-order valence-electron chi connectivity index (χ2n) is 10.7. The van der Waals surface area contributed by atoms with Gasteiger partial charge in [-0.3, -0.25) is 9.59 Å². The fraction of sp³-hybridized carbons (Fsp3) is 0.714. The maximum atomic E-state index is 14.3. The molecule has 0 radical (unpaired) electrons. The van der Waals surface area contributed by atoms with Crippen molar-refractivity contribution in [3.8, 4) is 0 Å². The number of nitrogens with zero attached hydrogens (tertiary/aromatic N) is 2. The van der Waals surface area contributed by atoms with Crippen molar-refractivity contribution in [2.24, 2.45) is 5.41 Å². The van der Waals surface area contributed by atoms with Crippen LogP contribution in [0, 0.1) is 12.3 Å². The Balaban J connectivity index is 2.68. The van der Waals surface area contributed by atoms with Gasteiger partial charge in [-0.2, -0.15) is 13.2 Å². The molecule has 1 aromatic carbocycles. The smallest absolute Gasteiger partial charge is 0.395 e. The summed E-state index contributed by atoms with van der Waals surface area (Å²) in [5.41, 5.74) is -2.10. The molecule has 0 spiro atoms. The summed E-state index contributed by atoms with van der Waals surface area (Å²) in [6.07, 6.45) is -1.69. The molecule has 2 amide bonds. The van der Waals surface area contributed by atoms with E-state index in [1.807, 2.05) is 0 Å². The number of anilines is 1. The van der Waals surface area contributed by atoms with Gasteiger partial charge in [0.05, 0.1) is 23.1 Å². The fourth-order valence-electron chi connectivity index (χ4n) is 4.93. The highest BCUT2D eigenvalue weighted by atomic mass is 19.4. The summed E-state index contributed by atoms with van der Waals surface area (Å²) >= 11 is 0. The monoisotopic (exact) mass is 543 g/mol. The molecule has 0 bridgehead atoms. The number of carbonyl (C=O) groups is 2. The Kier molecular flexibility index (Phi) is 11.6. The molecule has 2 N–H and O–H groups in total. The first-order valence-corrected chi connectivity index (χ1v) is 13.5. The number of carbonyl (C=O) groups excluding carboxylic acids is 2. The third-order valence-electron chi connectivity index (χ3n) is 7.49. The summed E-state index contributed by atoms with van der Waals surface area (Å²) in [5.74, 6) is -1.09. The Morgan fingerprint density at radius 3 is 2.42 bits per heavy atom. The molecule has 0 aromatic heterocycles. The number of aliphatic hydroxyl groups is 1. The van der Waals surface area contributed by atoms with Gasteiger partial charge in [0.1, 0.15) is 0 Å². The number of piperidine rings is 1. The molecule has 0 saturated carbocycles. The highest BCUT2D eigenvalue weighted by Gasteiger charge is 2.41. The van der Waals surface area contributed by atoms with Gasteiger partial charge < -0.3 is 25.0 Å². The molecular weight excluding hydrogens is 499 g/mol. The van der Waals surface area contributed by atoms with Crippen molar-refractivity contribution in [1.82, 2.24) is 10.2 Å². The number of amides is 2. The summed E-state index contributed by atoms with van der Waals surface area (Å²) in [7, 11) is 1.57. The number of rotatable bonds is 12. The number of unbranched alkanes of at least 4 members (excludes halogenated alkanes) is 1. The van der Waals surface area contributed by atoms with E-state index in [2.05, 4.69) is 5.32 Å². The number of hydrogen-bond donors (Lipinski definition) is 2. The Morgan fingerprint density at radius 1 is 1.24 bits per heavy atom. The number of nitrogens with one attached hydrogen (secondary N) is 1. The zero-order chi connectivity index (χ0) is 28.7. The van der Waals surface area contributed by atoms with Crippen molar-refractivity contribution in [2.45, 2.75) is 85.0 Å². The average Bonchev–Trinajstić information content (AvgIpc) is 2.88. The minimum absolute atomic E-state index is 0.220. The zero-order valence-electron chi connectivity index (χ0n) is 23.6. The zero-order valence-corrected chi connectivity index (χ0v) is 23.6. The third kappa shape index (κ3) is 7.48. The van der Waals surface area contributed by atoms with E-state index in [1.54, 1.807) is 34.8 Å². The molecule has 2 atom stereocenters. The van der Waals surface area contributed by atoms with Gasteiger partial charge in [0, 0.05) is 44.6 Å². The molecule has 1 fully saturated rings. The van der Waals surface area contributed by atoms with Gasteiger partial charge in [-0.05, 0) is 84.0 Å². The van der Waals surface area contributed by atoms with Crippen LogP contribution in [0.2, 0.25) is 0 Å². The van der Waals surface area contributed by atoms with Crippen LogP contribution in [-0.2, 0) is 15.7 Å². The van der Waals surface area contributed by atoms with Crippen LogP contribution in [0.1, 0.15) is 81.3 Å². The van der Waals surface area contributed by atoms with Crippen LogP contribution in [0.3, 0.4) is 0 Å². The molecule has 1 aliphatic rings. The van der Waals surface area contributed by atoms with Crippen LogP contribution in [0.15, 0.2) is 12.1 Å². The van der Waals surface area contributed by atoms with E-state index < -0.39 is 41.1 Å². The first-order valence-electron chi connectivity index (χ1n) is 13.5. The van der Waals surface area contributed by atoms with Gasteiger partial charge >= 0.3 is 6.18 Å². The van der Waals surface area contributed by atoms with Gasteiger partial charge in [0.2, 0.25) is 5.91 Å². The molecule has 1 aliphatic heterocycles. The lowest BCUT2D eigenvalue weighted by Crippen LogP contribution is -2.52. The highest BCUT2D eigenvalue weighted by molar-refractivity contribution is 6.02. The minimum Gasteiger partial charge on any atom is -0.395 e. The van der Waals surface area contributed by atoms with Crippen molar-refractivity contribution in [3.63, 3.8) is 0 Å². The highest BCUT2D eigenvalue weighted by Crippen LogP contribution is 2.38. The van der Waals surface area contributed by atoms with E-state index in [1.165, 1.54) is 22.8 Å². The van der Waals surface area contributed by atoms with Crippen LogP contribution in [0.4, 0.5) is 18.9 Å². The normalized spacial score (nSPS) is 17.8. The molecule has 0 aliphatic carbocycles. The number of aliphatic hydroxyl groups excluding tert-OH is 1. The minimum atomic E-state index is -4.75. The van der Waals surface area contributed by atoms with E-state index in [4.69, 9.17) is 4.74 Å². The number of hydrogen-bond acceptors (Lipinski definition) is 5. The molecule has 7 nitrogen and oxygen atoms in total. The van der Waals surface area contributed by atoms with Crippen molar-refractivity contribution >= 4 is 17.5 Å². The fourth-order valence-corrected chi connectivity index (χ4v) is 4.93. The van der Waals surface area contributed by atoms with E-state index in [0.29, 0.717) is 38.8 Å². The SMILES string of the molecule is CCC(C)(CO)C(=O)N(CCCCOC)c1cc(C(=O)N(C(C)C)C2CCCNC2)c(C(F)(F)F)cc1C. The molecule has 2 unspecified atom stereocenters. The number of aryl methyl sites for hydroxylation is 1. The first kappa shape index (κ1) is 32.0. The molecular formula is C28H44F3N3O4. The van der Waals surface area contributed by atoms with Gasteiger partial charge in [-0.15, -0.1) is 0 Å². The first-order chi connectivity index (χ1) is 17.8. The van der Waals surface area contributed by atoms with Gasteiger partial charge in [0.15, 0.2) is 0 Å². The number of ether oxygens (including phenoxy) is 1. The van der Waals surface area contributed by atoms with E-state index in [-0.39, 0.29) is 29.9 Å². The average molecular weight is 544 g/mol. The Labute approximate surface area is 224 Å². The number of halogens is 3. The predicted octanol–water partition coefficient (Wildman–Crippen LogP) is 4.78. The van der Waals surface area contributed by atoms with Gasteiger partial charge in [-0.25, -0.2) is 0 Å². The van der Waals surface area contributed by atoms with Crippen LogP contribution >= 0.6 is 0 Å². The van der Waals surface area contributed by atoms with E-state index in [0.717, 1.165) is 19.0 Å². The lowest BCUT2D eigenvalue weighted by atomic mass is 9.86. The van der Waals surface area contributed by atoms with Crippen LogP contribution in [0.5, 0.6) is 0 Å². The molecule has 216 valence electrons. The summed E-state index contributed by atoms with van der Waals surface area (Å²) in [6, 6.07) is 1.65. The second-order valence-corrected chi connectivity index (χ2v) is 10.7. The van der Waals surface area contributed by atoms with E-state index in [9.17, 15) is 27.9 Å². The number of benzene rings is 1. The van der Waals surface area contributed by atoms with E-state index >= 15 is 0 Å². The number of alkyl halides is 3. The molecule has 1 aromatic rings. The van der Waals surface area contributed by atoms with Crippen molar-refractivity contribution in [1.29, 1.82) is 0 Å². The quantitative estimate of drug-likeness (QED) is 0.371. The van der Waals surface area contributed by atoms with Crippen molar-refractivity contribution in [2.75, 3.05) is 44.9 Å². The Morgan fingerprint density at radius 2 is 1.92 bits per heavy atom. The van der Waals surface area contributed by atoms with Crippen LogP contribution < -0.4 is 10.2 Å². The maximum absolute atomic E-state index is 14.3. The second kappa shape index (κ2) is 13.8. The molecule has 38 heavy (non-hydrogen) atoms. The van der Waals surface area contributed by atoms with Gasteiger partial charge in [0.25, 0.3) is 5.91 Å². The van der Waals surface area contributed by atoms with Crippen molar-refractivity contribution in [3.05, 3.63) is 28.8 Å². The molecule has 1 saturated heterocycles. The topological polar surface area (TPSA) is 82.1 Å². The molecule has 1 heterocycles. The molecule has 2 rings (SSSR count).